The van der Waals surface area contributed by atoms with Crippen LogP contribution in [-0.2, 0) is 0 Å². The molecule has 5 rings (SSSR count). The number of terminal acetylenes is 1. The molecule has 0 bridgehead atoms. The fraction of sp³-hybridized carbons (Fsp3) is 0.268. The van der Waals surface area contributed by atoms with Gasteiger partial charge in [-0.15, -0.1) is 6.42 Å². The Kier molecular flexibility index (Phi) is 10.1. The van der Waals surface area contributed by atoms with E-state index >= 15 is 0 Å². The van der Waals surface area contributed by atoms with Crippen molar-refractivity contribution in [2.24, 2.45) is 0 Å². The number of nitrogens with one attached hydrogen (secondary N) is 2. The van der Waals surface area contributed by atoms with Crippen LogP contribution in [0.1, 0.15) is 78.6 Å². The van der Waals surface area contributed by atoms with Gasteiger partial charge >= 0.3 is 0 Å². The summed E-state index contributed by atoms with van der Waals surface area (Å²) < 4.78 is 0. The molecule has 3 aromatic rings. The van der Waals surface area contributed by atoms with Crippen molar-refractivity contribution < 1.29 is 0 Å². The number of likely N-dealkylation sites (N-methyl/N-ethyl adjacent to an activating group) is 1. The number of aromatic nitrogens is 1. The molecule has 1 aromatic heterocycles. The smallest absolute Gasteiger partial charge is 0.0920 e. The highest BCUT2D eigenvalue weighted by Crippen LogP contribution is 2.43. The third-order valence-electron chi connectivity index (χ3n) is 9.03. The molecule has 0 spiro atoms. The lowest BCUT2D eigenvalue weighted by atomic mass is 9.85. The van der Waals surface area contributed by atoms with E-state index in [1.165, 1.54) is 34.2 Å². The molecular formula is C41H45N5. The number of hydrogen-bond donors (Lipinski definition) is 2. The second-order valence-corrected chi connectivity index (χ2v) is 12.1. The number of pyridine rings is 1. The lowest BCUT2D eigenvalue weighted by Crippen LogP contribution is -2.37. The predicted molar refractivity (Wildman–Crippen MR) is 195 cm³/mol. The Morgan fingerprint density at radius 2 is 1.87 bits per heavy atom. The number of piperidine rings is 1. The van der Waals surface area contributed by atoms with Gasteiger partial charge in [-0.25, -0.2) is 0 Å². The van der Waals surface area contributed by atoms with Crippen molar-refractivity contribution in [2.75, 3.05) is 20.1 Å². The molecule has 2 heterocycles. The second-order valence-electron chi connectivity index (χ2n) is 12.1. The van der Waals surface area contributed by atoms with Crippen LogP contribution in [0.25, 0.3) is 22.9 Å². The van der Waals surface area contributed by atoms with Gasteiger partial charge in [-0.3, -0.25) is 10.4 Å². The van der Waals surface area contributed by atoms with E-state index in [0.29, 0.717) is 0 Å². The second kappa shape index (κ2) is 14.3. The summed E-state index contributed by atoms with van der Waals surface area (Å²) in [5.41, 5.74) is 14.5. The maximum Gasteiger partial charge on any atom is 0.0920 e. The number of fused-ring (bicyclic) bond motifs is 2. The number of allylic oxidation sites excluding steroid dienone is 2. The zero-order valence-electron chi connectivity index (χ0n) is 27.7. The average Bonchev–Trinajstić information content (AvgIpc) is 3.22. The summed E-state index contributed by atoms with van der Waals surface area (Å²) in [5, 5.41) is 11.9. The summed E-state index contributed by atoms with van der Waals surface area (Å²) in [6.45, 7) is 16.9. The van der Waals surface area contributed by atoms with Gasteiger partial charge in [0.1, 0.15) is 0 Å². The van der Waals surface area contributed by atoms with Crippen LogP contribution in [0.15, 0.2) is 97.0 Å². The third-order valence-corrected chi connectivity index (χ3v) is 9.03. The number of aryl methyl sites for hydroxylation is 1. The Morgan fingerprint density at radius 1 is 1.13 bits per heavy atom. The monoisotopic (exact) mass is 607 g/mol. The van der Waals surface area contributed by atoms with Gasteiger partial charge in [0.2, 0.25) is 0 Å². The molecule has 2 N–H and O–H groups in total. The van der Waals surface area contributed by atoms with E-state index in [0.717, 1.165) is 83.8 Å². The van der Waals surface area contributed by atoms with Crippen molar-refractivity contribution in [3.63, 3.8) is 0 Å². The van der Waals surface area contributed by atoms with Gasteiger partial charge < -0.3 is 15.1 Å². The molecule has 1 atom stereocenters. The largest absolute Gasteiger partial charge is 0.377 e. The number of rotatable bonds is 10. The SMILES string of the molecule is C#Cc1ccc(C(=C)N2CCC(=C3c4ccc(C)cc4C(C(NC(=C)CCC)/C(=C/C)N(C)C=N)=Cc4cccnc43)CC2)cc1. The maximum absolute atomic E-state index is 8.09. The van der Waals surface area contributed by atoms with Crippen molar-refractivity contribution in [3.8, 4) is 12.3 Å². The Labute approximate surface area is 275 Å². The predicted octanol–water partition coefficient (Wildman–Crippen LogP) is 8.51. The molecule has 1 fully saturated rings. The van der Waals surface area contributed by atoms with E-state index < -0.39 is 0 Å². The minimum atomic E-state index is -0.209. The minimum absolute atomic E-state index is 0.209. The highest BCUT2D eigenvalue weighted by Gasteiger charge is 2.31. The summed E-state index contributed by atoms with van der Waals surface area (Å²) in [4.78, 5) is 9.29. The molecule has 5 heteroatoms. The Morgan fingerprint density at radius 3 is 2.52 bits per heavy atom. The van der Waals surface area contributed by atoms with Gasteiger partial charge in [0.25, 0.3) is 0 Å². The average molecular weight is 608 g/mol. The molecule has 46 heavy (non-hydrogen) atoms. The van der Waals surface area contributed by atoms with Crippen molar-refractivity contribution in [1.82, 2.24) is 20.1 Å². The van der Waals surface area contributed by atoms with Gasteiger partial charge in [0, 0.05) is 60.1 Å². The molecule has 1 aliphatic carbocycles. The maximum atomic E-state index is 8.09. The van der Waals surface area contributed by atoms with Gasteiger partial charge in [-0.05, 0) is 79.6 Å². The minimum Gasteiger partial charge on any atom is -0.377 e. The molecular weight excluding hydrogens is 562 g/mol. The highest BCUT2D eigenvalue weighted by molar-refractivity contribution is 6.00. The van der Waals surface area contributed by atoms with Crippen LogP contribution in [0.5, 0.6) is 0 Å². The molecule has 1 unspecified atom stereocenters. The Bertz CT molecular complexity index is 1770. The lowest BCUT2D eigenvalue weighted by Gasteiger charge is -2.34. The zero-order valence-corrected chi connectivity index (χ0v) is 27.7. The van der Waals surface area contributed by atoms with Crippen molar-refractivity contribution in [2.45, 2.75) is 52.5 Å². The van der Waals surface area contributed by atoms with Crippen LogP contribution in [0.3, 0.4) is 0 Å². The van der Waals surface area contributed by atoms with Crippen molar-refractivity contribution >= 4 is 29.3 Å². The fourth-order valence-corrected chi connectivity index (χ4v) is 6.60. The molecule has 2 aliphatic rings. The summed E-state index contributed by atoms with van der Waals surface area (Å²) in [6, 6.07) is 18.9. The fourth-order valence-electron chi connectivity index (χ4n) is 6.60. The van der Waals surface area contributed by atoms with Crippen LogP contribution in [0, 0.1) is 24.7 Å². The Balaban J connectivity index is 1.61. The number of nitrogens with zero attached hydrogens (tertiary/aromatic N) is 3. The zero-order chi connectivity index (χ0) is 32.8. The first-order valence-electron chi connectivity index (χ1n) is 16.1. The highest BCUT2D eigenvalue weighted by atomic mass is 15.2. The van der Waals surface area contributed by atoms with E-state index in [2.05, 4.69) is 91.7 Å². The first-order valence-corrected chi connectivity index (χ1v) is 16.1. The molecule has 1 aliphatic heterocycles. The molecule has 5 nitrogen and oxygen atoms in total. The van der Waals surface area contributed by atoms with Gasteiger partial charge in [0.05, 0.1) is 18.1 Å². The molecule has 0 saturated carbocycles. The van der Waals surface area contributed by atoms with Gasteiger partial charge in [-0.1, -0.05) is 86.0 Å². The van der Waals surface area contributed by atoms with Crippen molar-refractivity contribution in [3.05, 3.63) is 136 Å². The first-order chi connectivity index (χ1) is 22.3. The van der Waals surface area contributed by atoms with E-state index in [-0.39, 0.29) is 6.04 Å². The van der Waals surface area contributed by atoms with Crippen LogP contribution in [0.2, 0.25) is 0 Å². The van der Waals surface area contributed by atoms with Crippen LogP contribution in [0.4, 0.5) is 0 Å². The molecule has 1 saturated heterocycles. The molecule has 2 aromatic carbocycles. The summed E-state index contributed by atoms with van der Waals surface area (Å²) in [5.74, 6) is 2.70. The van der Waals surface area contributed by atoms with Crippen molar-refractivity contribution in [1.29, 1.82) is 5.41 Å². The van der Waals surface area contributed by atoms with E-state index in [4.69, 9.17) is 16.8 Å². The van der Waals surface area contributed by atoms with Crippen LogP contribution < -0.4 is 5.32 Å². The van der Waals surface area contributed by atoms with E-state index in [1.807, 2.05) is 43.3 Å². The standard InChI is InChI=1S/C41H45N5/c1-8-12-29(5)44-41(38(10-3)45(7)27-42)37-26-34-13-11-22-43-40(34)39(35-19-14-28(4)25-36(35)37)33-20-23-46(24-21-33)30(6)32-17-15-31(9-2)16-18-32/h2,10-11,13-19,22,25-27,41-42,44H,5-6,8,12,20-21,23-24H2,1,3-4,7H3/b38-10-,42-27?. The topological polar surface area (TPSA) is 55.2 Å². The van der Waals surface area contributed by atoms with E-state index in [9.17, 15) is 0 Å². The van der Waals surface area contributed by atoms with Crippen LogP contribution in [-0.4, -0.2) is 47.3 Å². The van der Waals surface area contributed by atoms with Gasteiger partial charge in [-0.2, -0.15) is 0 Å². The number of likely N-dealkylation sites (tertiary alicyclic amines) is 1. The number of benzene rings is 2. The molecule has 0 amide bonds. The molecule has 234 valence electrons. The summed E-state index contributed by atoms with van der Waals surface area (Å²) in [7, 11) is 1.93. The first kappa shape index (κ1) is 32.3. The van der Waals surface area contributed by atoms with Crippen LogP contribution >= 0.6 is 0 Å². The third kappa shape index (κ3) is 6.62. The quantitative estimate of drug-likeness (QED) is 0.138. The number of hydrogen-bond acceptors (Lipinski definition) is 4. The summed E-state index contributed by atoms with van der Waals surface area (Å²) in [6.07, 6.45) is 16.9. The summed E-state index contributed by atoms with van der Waals surface area (Å²) >= 11 is 0. The molecule has 0 radical (unpaired) electrons. The Hall–Kier alpha value is -5.08. The normalized spacial score (nSPS) is 15.1. The lowest BCUT2D eigenvalue weighted by molar-refractivity contribution is 0.370. The van der Waals surface area contributed by atoms with E-state index in [1.54, 1.807) is 0 Å². The van der Waals surface area contributed by atoms with Gasteiger partial charge in [0.15, 0.2) is 0 Å².